The van der Waals surface area contributed by atoms with Crippen molar-refractivity contribution in [1.29, 1.82) is 5.26 Å². The van der Waals surface area contributed by atoms with Crippen molar-refractivity contribution in [3.63, 3.8) is 0 Å². The number of carbonyl (C=O) groups excluding carboxylic acids is 2. The second-order valence-electron chi connectivity index (χ2n) is 8.03. The summed E-state index contributed by atoms with van der Waals surface area (Å²) in [5.41, 5.74) is 0.0697. The van der Waals surface area contributed by atoms with Crippen LogP contribution in [-0.4, -0.2) is 50.7 Å². The number of carbonyl (C=O) groups is 2. The number of rotatable bonds is 4. The minimum Gasteiger partial charge on any atom is -0.341 e. The van der Waals surface area contributed by atoms with Crippen molar-refractivity contribution in [2.75, 3.05) is 13.1 Å². The summed E-state index contributed by atoms with van der Waals surface area (Å²) in [6.07, 6.45) is 11.7. The average Bonchev–Trinajstić information content (AvgIpc) is 2.98. The van der Waals surface area contributed by atoms with E-state index in [2.05, 4.69) is 16.0 Å². The van der Waals surface area contributed by atoms with Crippen LogP contribution in [0.1, 0.15) is 63.9 Å². The van der Waals surface area contributed by atoms with Crippen molar-refractivity contribution in [1.82, 2.24) is 19.8 Å². The van der Waals surface area contributed by atoms with Gasteiger partial charge in [-0.25, -0.2) is 9.97 Å². The van der Waals surface area contributed by atoms with Crippen LogP contribution in [0.25, 0.3) is 0 Å². The van der Waals surface area contributed by atoms with Gasteiger partial charge in [-0.3, -0.25) is 9.59 Å². The summed E-state index contributed by atoms with van der Waals surface area (Å²) in [5, 5.41) is 9.73. The molecule has 2 fully saturated rings. The highest BCUT2D eigenvalue weighted by atomic mass is 16.2. The Morgan fingerprint density at radius 3 is 2.54 bits per heavy atom. The van der Waals surface area contributed by atoms with E-state index >= 15 is 0 Å². The Morgan fingerprint density at radius 1 is 1.18 bits per heavy atom. The number of hydrogen-bond acceptors (Lipinski definition) is 5. The minimum absolute atomic E-state index is 0.00110. The van der Waals surface area contributed by atoms with Crippen molar-refractivity contribution < 1.29 is 9.59 Å². The summed E-state index contributed by atoms with van der Waals surface area (Å²) in [5.74, 6) is 0.0237. The van der Waals surface area contributed by atoms with E-state index < -0.39 is 5.41 Å². The van der Waals surface area contributed by atoms with Gasteiger partial charge >= 0.3 is 0 Å². The first-order valence-electron chi connectivity index (χ1n) is 10.3. The third kappa shape index (κ3) is 4.49. The molecule has 2 aliphatic rings. The van der Waals surface area contributed by atoms with E-state index in [1.165, 1.54) is 6.33 Å². The van der Waals surface area contributed by atoms with Gasteiger partial charge in [0.2, 0.25) is 11.8 Å². The highest BCUT2D eigenvalue weighted by Gasteiger charge is 2.43. The first-order chi connectivity index (χ1) is 13.6. The molecule has 1 aromatic heterocycles. The molecule has 1 unspecified atom stereocenters. The van der Waals surface area contributed by atoms with Crippen molar-refractivity contribution in [2.45, 2.75) is 70.9 Å². The first-order valence-corrected chi connectivity index (χ1v) is 10.3. The smallest absolute Gasteiger partial charge is 0.243 e. The summed E-state index contributed by atoms with van der Waals surface area (Å²) in [4.78, 5) is 37.3. The van der Waals surface area contributed by atoms with Crippen LogP contribution in [-0.2, 0) is 16.1 Å². The van der Waals surface area contributed by atoms with Crippen LogP contribution >= 0.6 is 0 Å². The van der Waals surface area contributed by atoms with E-state index in [0.717, 1.165) is 44.1 Å². The summed E-state index contributed by atoms with van der Waals surface area (Å²) < 4.78 is 0. The van der Waals surface area contributed by atoms with Crippen LogP contribution < -0.4 is 0 Å². The number of nitrogens with zero attached hydrogens (tertiary/aromatic N) is 5. The lowest BCUT2D eigenvalue weighted by molar-refractivity contribution is -0.140. The summed E-state index contributed by atoms with van der Waals surface area (Å²) >= 11 is 0. The maximum atomic E-state index is 13.2. The fourth-order valence-electron chi connectivity index (χ4n) is 4.53. The highest BCUT2D eigenvalue weighted by Crippen LogP contribution is 2.38. The topological polar surface area (TPSA) is 90.2 Å². The Labute approximate surface area is 166 Å². The number of aromatic nitrogens is 2. The second kappa shape index (κ2) is 9.13. The zero-order chi connectivity index (χ0) is 20.0. The Bertz CT molecular complexity index is 724. The summed E-state index contributed by atoms with van der Waals surface area (Å²) in [6, 6.07) is 2.43. The van der Waals surface area contributed by atoms with Crippen LogP contribution in [0, 0.1) is 16.7 Å². The standard InChI is InChI=1S/C21H29N5O2/c1-17(27)26(14-18-12-23-16-24-13-18)19-6-5-10-25(11-7-19)20(28)21(15-22)8-3-2-4-9-21/h12-13,16,19H,2-11,14H2,1H3. The van der Waals surface area contributed by atoms with Gasteiger partial charge in [0.05, 0.1) is 6.07 Å². The largest absolute Gasteiger partial charge is 0.341 e. The predicted octanol–water partition coefficient (Wildman–Crippen LogP) is 2.68. The monoisotopic (exact) mass is 383 g/mol. The number of hydrogen-bond donors (Lipinski definition) is 0. The lowest BCUT2D eigenvalue weighted by atomic mass is 9.74. The van der Waals surface area contributed by atoms with Crippen LogP contribution in [0.2, 0.25) is 0 Å². The van der Waals surface area contributed by atoms with Gasteiger partial charge in [0, 0.05) is 50.6 Å². The highest BCUT2D eigenvalue weighted by molar-refractivity contribution is 5.85. The Kier molecular flexibility index (Phi) is 6.61. The number of amides is 2. The van der Waals surface area contributed by atoms with Gasteiger partial charge in [-0.15, -0.1) is 0 Å². The van der Waals surface area contributed by atoms with Gasteiger partial charge in [-0.05, 0) is 32.1 Å². The normalized spacial score (nSPS) is 22.0. The third-order valence-corrected chi connectivity index (χ3v) is 6.13. The van der Waals surface area contributed by atoms with Crippen LogP contribution in [0.5, 0.6) is 0 Å². The molecule has 0 radical (unpaired) electrons. The van der Waals surface area contributed by atoms with Gasteiger partial charge in [0.15, 0.2) is 0 Å². The molecule has 1 saturated heterocycles. The van der Waals surface area contributed by atoms with Crippen molar-refractivity contribution >= 4 is 11.8 Å². The molecule has 1 aliphatic heterocycles. The van der Waals surface area contributed by atoms with Crippen molar-refractivity contribution in [3.05, 3.63) is 24.3 Å². The van der Waals surface area contributed by atoms with Crippen molar-refractivity contribution in [3.8, 4) is 6.07 Å². The third-order valence-electron chi connectivity index (χ3n) is 6.13. The average molecular weight is 383 g/mol. The van der Waals surface area contributed by atoms with E-state index in [1.54, 1.807) is 19.3 Å². The van der Waals surface area contributed by atoms with Crippen LogP contribution in [0.4, 0.5) is 0 Å². The molecule has 0 N–H and O–H groups in total. The fourth-order valence-corrected chi connectivity index (χ4v) is 4.53. The van der Waals surface area contributed by atoms with Gasteiger partial charge in [-0.1, -0.05) is 19.3 Å². The molecular weight excluding hydrogens is 354 g/mol. The molecule has 150 valence electrons. The van der Waals surface area contributed by atoms with E-state index in [9.17, 15) is 14.9 Å². The molecule has 7 nitrogen and oxygen atoms in total. The first kappa shape index (κ1) is 20.2. The minimum atomic E-state index is -0.834. The van der Waals surface area contributed by atoms with Gasteiger partial charge in [-0.2, -0.15) is 5.26 Å². The van der Waals surface area contributed by atoms with E-state index in [-0.39, 0.29) is 17.9 Å². The van der Waals surface area contributed by atoms with Crippen LogP contribution in [0.15, 0.2) is 18.7 Å². The molecule has 7 heteroatoms. The zero-order valence-corrected chi connectivity index (χ0v) is 16.6. The molecule has 1 atom stereocenters. The second-order valence-corrected chi connectivity index (χ2v) is 8.03. The Balaban J connectivity index is 1.67. The quantitative estimate of drug-likeness (QED) is 0.797. The maximum absolute atomic E-state index is 13.2. The lowest BCUT2D eigenvalue weighted by Gasteiger charge is -2.35. The van der Waals surface area contributed by atoms with Gasteiger partial charge < -0.3 is 9.80 Å². The molecule has 1 saturated carbocycles. The molecule has 1 aromatic rings. The van der Waals surface area contributed by atoms with E-state index in [1.807, 2.05) is 9.80 Å². The Hall–Kier alpha value is -2.49. The SMILES string of the molecule is CC(=O)N(Cc1cncnc1)C1CCCN(C(=O)C2(C#N)CCCCC2)CC1. The molecule has 2 amide bonds. The molecule has 0 spiro atoms. The summed E-state index contributed by atoms with van der Waals surface area (Å²) in [7, 11) is 0. The van der Waals surface area contributed by atoms with Gasteiger partial charge in [0.25, 0.3) is 0 Å². The number of nitriles is 1. The molecule has 0 aromatic carbocycles. The van der Waals surface area contributed by atoms with E-state index in [4.69, 9.17) is 0 Å². The molecule has 2 heterocycles. The number of likely N-dealkylation sites (tertiary alicyclic amines) is 1. The molecule has 3 rings (SSSR count). The van der Waals surface area contributed by atoms with Gasteiger partial charge in [0.1, 0.15) is 11.7 Å². The molecule has 0 bridgehead atoms. The van der Waals surface area contributed by atoms with Crippen LogP contribution in [0.3, 0.4) is 0 Å². The summed E-state index contributed by atoms with van der Waals surface area (Å²) in [6.45, 7) is 3.34. The molecule has 28 heavy (non-hydrogen) atoms. The lowest BCUT2D eigenvalue weighted by Crippen LogP contribution is -2.45. The molecular formula is C21H29N5O2. The fraction of sp³-hybridized carbons (Fsp3) is 0.667. The van der Waals surface area contributed by atoms with Crippen molar-refractivity contribution in [2.24, 2.45) is 5.41 Å². The molecule has 1 aliphatic carbocycles. The zero-order valence-electron chi connectivity index (χ0n) is 16.6. The predicted molar refractivity (Wildman–Crippen MR) is 104 cm³/mol. The van der Waals surface area contributed by atoms with E-state index in [0.29, 0.717) is 32.5 Å². The maximum Gasteiger partial charge on any atom is 0.243 e. The Morgan fingerprint density at radius 2 is 1.89 bits per heavy atom.